The topological polar surface area (TPSA) is 126 Å². The number of pyridine rings is 1. The summed E-state index contributed by atoms with van der Waals surface area (Å²) < 4.78 is 44.7. The third-order valence-electron chi connectivity index (χ3n) is 5.88. The third-order valence-corrected chi connectivity index (χ3v) is 6.98. The number of carbonyl (C=O) groups is 1. The lowest BCUT2D eigenvalue weighted by Gasteiger charge is -2.27. The number of aryl methyl sites for hydroxylation is 1. The lowest BCUT2D eigenvalue weighted by molar-refractivity contribution is -0.129. The van der Waals surface area contributed by atoms with E-state index in [2.05, 4.69) is 9.98 Å². The van der Waals surface area contributed by atoms with Crippen molar-refractivity contribution in [3.8, 4) is 11.1 Å². The average Bonchev–Trinajstić information content (AvgIpc) is 3.05. The summed E-state index contributed by atoms with van der Waals surface area (Å²) in [4.78, 5) is 23.2. The Kier molecular flexibility index (Phi) is 6.63. The Balaban J connectivity index is 1.77. The second kappa shape index (κ2) is 9.37. The molecule has 0 bridgehead atoms. The molecule has 2 heterocycles. The van der Waals surface area contributed by atoms with Gasteiger partial charge in [0.1, 0.15) is 11.0 Å². The van der Waals surface area contributed by atoms with Crippen LogP contribution in [0.15, 0.2) is 65.8 Å². The maximum atomic E-state index is 13.9. The number of halogens is 2. The van der Waals surface area contributed by atoms with Crippen LogP contribution in [0, 0.1) is 5.82 Å². The Morgan fingerprint density at radius 2 is 1.86 bits per heavy atom. The van der Waals surface area contributed by atoms with Crippen molar-refractivity contribution in [1.29, 1.82) is 0 Å². The molecule has 4 rings (SSSR count). The first kappa shape index (κ1) is 24.8. The van der Waals surface area contributed by atoms with Crippen molar-refractivity contribution < 1.29 is 22.2 Å². The van der Waals surface area contributed by atoms with E-state index in [0.717, 1.165) is 11.8 Å². The molecule has 1 amide bonds. The lowest BCUT2D eigenvalue weighted by Crippen LogP contribution is -2.41. The van der Waals surface area contributed by atoms with Crippen molar-refractivity contribution in [3.05, 3.63) is 88.5 Å². The van der Waals surface area contributed by atoms with Crippen LogP contribution in [0.2, 0.25) is 5.15 Å². The van der Waals surface area contributed by atoms with Gasteiger partial charge >= 0.3 is 0 Å². The molecule has 0 radical (unpaired) electrons. The molecule has 182 valence electrons. The maximum absolute atomic E-state index is 13.9. The van der Waals surface area contributed by atoms with Gasteiger partial charge in [-0.05, 0) is 47.2 Å². The highest BCUT2D eigenvalue weighted by Crippen LogP contribution is 2.41. The number of rotatable bonds is 7. The van der Waals surface area contributed by atoms with Crippen LogP contribution >= 0.6 is 11.6 Å². The fourth-order valence-corrected chi connectivity index (χ4v) is 4.81. The highest BCUT2D eigenvalue weighted by molar-refractivity contribution is 7.85. The largest absolute Gasteiger partial charge is 0.369 e. The third kappa shape index (κ3) is 4.90. The van der Waals surface area contributed by atoms with E-state index in [1.807, 2.05) is 0 Å². The number of hydrogen-bond donors (Lipinski definition) is 2. The number of carbonyl (C=O) groups excluding carboxylic acids is 1. The van der Waals surface area contributed by atoms with Crippen molar-refractivity contribution in [3.63, 3.8) is 0 Å². The highest BCUT2D eigenvalue weighted by atomic mass is 35.5. The average molecular weight is 517 g/mol. The van der Waals surface area contributed by atoms with Crippen molar-refractivity contribution in [1.82, 2.24) is 9.88 Å². The van der Waals surface area contributed by atoms with Gasteiger partial charge in [-0.3, -0.25) is 14.2 Å². The fourth-order valence-electron chi connectivity index (χ4n) is 4.09. The lowest BCUT2D eigenvalue weighted by atomic mass is 9.81. The van der Waals surface area contributed by atoms with Gasteiger partial charge in [0, 0.05) is 12.6 Å². The standard InChI is InChI=1S/C24H22ClFN4O4S/c1-30-22(31)24(29-23(30)27,17-9-7-15(8-10-17)4-3-11-35(32,33)34)18-6-2-5-16(12-18)20-13-19(26)14-28-21(20)25/h2,5-10,12-14H,3-4,11H2,1H3,(H2,27,29)(H,32,33,34). The van der Waals surface area contributed by atoms with Gasteiger partial charge in [-0.25, -0.2) is 14.4 Å². The minimum Gasteiger partial charge on any atom is -0.369 e. The summed E-state index contributed by atoms with van der Waals surface area (Å²) in [6.45, 7) is 0. The molecule has 8 nitrogen and oxygen atoms in total. The number of aliphatic imine (C=N–C) groups is 1. The predicted octanol–water partition coefficient (Wildman–Crippen LogP) is 3.39. The van der Waals surface area contributed by atoms with Gasteiger partial charge in [0.05, 0.1) is 11.9 Å². The summed E-state index contributed by atoms with van der Waals surface area (Å²) in [7, 11) is -2.50. The molecule has 35 heavy (non-hydrogen) atoms. The van der Waals surface area contributed by atoms with Crippen LogP contribution in [0.4, 0.5) is 4.39 Å². The Labute approximate surface area is 207 Å². The van der Waals surface area contributed by atoms with Crippen LogP contribution in [-0.2, 0) is 26.9 Å². The molecule has 11 heteroatoms. The number of benzene rings is 2. The van der Waals surface area contributed by atoms with Crippen LogP contribution < -0.4 is 5.73 Å². The SMILES string of the molecule is CN1C(=O)C(c2ccc(CCCS(=O)(=O)O)cc2)(c2cccc(-c3cc(F)cnc3Cl)c2)N=C1N. The van der Waals surface area contributed by atoms with Gasteiger partial charge in [-0.1, -0.05) is 54.1 Å². The van der Waals surface area contributed by atoms with E-state index in [1.165, 1.54) is 18.0 Å². The molecule has 0 saturated heterocycles. The number of guanidine groups is 1. The Hall–Kier alpha value is -3.34. The molecule has 0 aliphatic carbocycles. The number of hydrogen-bond acceptors (Lipinski definition) is 6. The zero-order valence-corrected chi connectivity index (χ0v) is 20.2. The molecule has 0 spiro atoms. The number of likely N-dealkylation sites (N-methyl/N-ethyl adjacent to an activating group) is 1. The molecular weight excluding hydrogens is 495 g/mol. The van der Waals surface area contributed by atoms with Gasteiger partial charge in [-0.15, -0.1) is 0 Å². The van der Waals surface area contributed by atoms with Crippen LogP contribution in [0.1, 0.15) is 23.1 Å². The van der Waals surface area contributed by atoms with Crippen molar-refractivity contribution in [2.24, 2.45) is 10.7 Å². The first-order valence-electron chi connectivity index (χ1n) is 10.6. The molecule has 1 aliphatic heterocycles. The molecule has 3 aromatic rings. The maximum Gasteiger partial charge on any atom is 0.266 e. The predicted molar refractivity (Wildman–Crippen MR) is 131 cm³/mol. The molecule has 3 N–H and O–H groups in total. The monoisotopic (exact) mass is 516 g/mol. The molecule has 0 saturated carbocycles. The van der Waals surface area contributed by atoms with Crippen molar-refractivity contribution >= 4 is 33.6 Å². The molecule has 1 aromatic heterocycles. The molecule has 1 unspecified atom stereocenters. The summed E-state index contributed by atoms with van der Waals surface area (Å²) in [5.41, 5.74) is 7.37. The minimum atomic E-state index is -4.03. The van der Waals surface area contributed by atoms with E-state index >= 15 is 0 Å². The molecule has 0 fully saturated rings. The second-order valence-corrected chi connectivity index (χ2v) is 10.1. The molecular formula is C24H22ClFN4O4S. The summed E-state index contributed by atoms with van der Waals surface area (Å²) in [6, 6.07) is 15.2. The van der Waals surface area contributed by atoms with E-state index in [9.17, 15) is 17.6 Å². The van der Waals surface area contributed by atoms with E-state index in [1.54, 1.807) is 48.5 Å². The smallest absolute Gasteiger partial charge is 0.266 e. The summed E-state index contributed by atoms with van der Waals surface area (Å²) >= 11 is 6.20. The normalized spacial score (nSPS) is 18.1. The van der Waals surface area contributed by atoms with Crippen molar-refractivity contribution in [2.75, 3.05) is 12.8 Å². The Morgan fingerprint density at radius 1 is 1.14 bits per heavy atom. The molecule has 1 aliphatic rings. The number of nitrogens with zero attached hydrogens (tertiary/aromatic N) is 3. The van der Waals surface area contributed by atoms with Crippen molar-refractivity contribution in [2.45, 2.75) is 18.4 Å². The van der Waals surface area contributed by atoms with Crippen LogP contribution in [0.25, 0.3) is 11.1 Å². The zero-order chi connectivity index (χ0) is 25.4. The second-order valence-electron chi connectivity index (χ2n) is 8.20. The number of nitrogens with two attached hydrogens (primary N) is 1. The molecule has 2 aromatic carbocycles. The van der Waals surface area contributed by atoms with Crippen LogP contribution in [0.3, 0.4) is 0 Å². The molecule has 1 atom stereocenters. The Morgan fingerprint density at radius 3 is 2.49 bits per heavy atom. The first-order valence-corrected chi connectivity index (χ1v) is 12.6. The summed E-state index contributed by atoms with van der Waals surface area (Å²) in [5, 5.41) is 0.115. The summed E-state index contributed by atoms with van der Waals surface area (Å²) in [6.07, 6.45) is 1.70. The quantitative estimate of drug-likeness (QED) is 0.366. The number of amides is 1. The van der Waals surface area contributed by atoms with Gasteiger partial charge in [0.15, 0.2) is 11.5 Å². The first-order chi connectivity index (χ1) is 16.5. The fraction of sp³-hybridized carbons (Fsp3) is 0.208. The van der Waals surface area contributed by atoms with Gasteiger partial charge < -0.3 is 5.73 Å². The van der Waals surface area contributed by atoms with E-state index < -0.39 is 21.5 Å². The Bertz CT molecular complexity index is 1430. The minimum absolute atomic E-state index is 0.0445. The van der Waals surface area contributed by atoms with E-state index in [0.29, 0.717) is 28.7 Å². The van der Waals surface area contributed by atoms with Gasteiger partial charge in [-0.2, -0.15) is 8.42 Å². The summed E-state index contributed by atoms with van der Waals surface area (Å²) in [5.74, 6) is -1.21. The van der Waals surface area contributed by atoms with E-state index in [4.69, 9.17) is 21.9 Å². The van der Waals surface area contributed by atoms with E-state index in [-0.39, 0.29) is 29.2 Å². The van der Waals surface area contributed by atoms with Gasteiger partial charge in [0.25, 0.3) is 16.0 Å². The number of aromatic nitrogens is 1. The van der Waals surface area contributed by atoms with Crippen LogP contribution in [-0.4, -0.2) is 47.5 Å². The highest BCUT2D eigenvalue weighted by Gasteiger charge is 2.49. The van der Waals surface area contributed by atoms with Crippen LogP contribution in [0.5, 0.6) is 0 Å². The zero-order valence-electron chi connectivity index (χ0n) is 18.6. The van der Waals surface area contributed by atoms with Gasteiger partial charge in [0.2, 0.25) is 0 Å².